The number of aryl methyl sites for hydroxylation is 1. The van der Waals surface area contributed by atoms with Crippen LogP contribution in [-0.2, 0) is 16.0 Å². The lowest BCUT2D eigenvalue weighted by Gasteiger charge is -2.35. The number of fused-ring (bicyclic) bond motifs is 1. The Bertz CT molecular complexity index is 742. The second kappa shape index (κ2) is 13.0. The van der Waals surface area contributed by atoms with Gasteiger partial charge >= 0.3 is 0 Å². The molecule has 0 radical (unpaired) electrons. The Morgan fingerprint density at radius 2 is 2.16 bits per heavy atom. The van der Waals surface area contributed by atoms with Crippen LogP contribution in [-0.4, -0.2) is 75.6 Å². The molecule has 8 heteroatoms. The number of aliphatic imine (C=N–C) groups is 1. The number of hydrogen-bond acceptors (Lipinski definition) is 5. The number of morpholine rings is 1. The molecule has 4 rings (SSSR count). The van der Waals surface area contributed by atoms with E-state index < -0.39 is 0 Å². The third-order valence-electron chi connectivity index (χ3n) is 6.43. The van der Waals surface area contributed by atoms with Gasteiger partial charge in [-0.1, -0.05) is 12.1 Å². The van der Waals surface area contributed by atoms with Crippen molar-refractivity contribution in [3.63, 3.8) is 0 Å². The Hall–Kier alpha value is -1.10. The van der Waals surface area contributed by atoms with Gasteiger partial charge in [-0.25, -0.2) is 4.99 Å². The van der Waals surface area contributed by atoms with Crippen molar-refractivity contribution in [2.24, 2.45) is 10.9 Å². The summed E-state index contributed by atoms with van der Waals surface area (Å²) in [6, 6.07) is 7.00. The lowest BCUT2D eigenvalue weighted by Crippen LogP contribution is -2.51. The van der Waals surface area contributed by atoms with Gasteiger partial charge in [0.2, 0.25) is 0 Å². The molecule has 3 saturated heterocycles. The lowest BCUT2D eigenvalue weighted by molar-refractivity contribution is -0.0453. The fourth-order valence-electron chi connectivity index (χ4n) is 4.57. The van der Waals surface area contributed by atoms with Gasteiger partial charge in [-0.3, -0.25) is 4.90 Å². The highest BCUT2D eigenvalue weighted by atomic mass is 127. The molecule has 3 atom stereocenters. The van der Waals surface area contributed by atoms with Gasteiger partial charge in [0.25, 0.3) is 0 Å². The maximum Gasteiger partial charge on any atom is 0.191 e. The van der Waals surface area contributed by atoms with Gasteiger partial charge in [0.05, 0.1) is 32.5 Å². The normalized spacial score (nSPS) is 25.8. The SMILES string of the molecule is CCNC(=NCc1ccc(C)cc1OCC1CCOC1)NCC1CN2CCCC2CO1.I. The average Bonchev–Trinajstić information content (AvgIpc) is 3.46. The summed E-state index contributed by atoms with van der Waals surface area (Å²) in [5.41, 5.74) is 2.31. The molecule has 1 aromatic carbocycles. The first-order valence-electron chi connectivity index (χ1n) is 11.9. The van der Waals surface area contributed by atoms with Crippen LogP contribution < -0.4 is 15.4 Å². The minimum atomic E-state index is 0. The van der Waals surface area contributed by atoms with Crippen LogP contribution in [0, 0.1) is 12.8 Å². The van der Waals surface area contributed by atoms with Gasteiger partial charge < -0.3 is 24.8 Å². The molecule has 3 fully saturated rings. The van der Waals surface area contributed by atoms with Crippen molar-refractivity contribution in [2.75, 3.05) is 52.6 Å². The summed E-state index contributed by atoms with van der Waals surface area (Å²) in [6.45, 7) is 11.8. The topological polar surface area (TPSA) is 67.4 Å². The third-order valence-corrected chi connectivity index (χ3v) is 6.43. The van der Waals surface area contributed by atoms with Crippen molar-refractivity contribution in [3.8, 4) is 5.75 Å². The van der Waals surface area contributed by atoms with Crippen LogP contribution in [0.1, 0.15) is 37.3 Å². The quantitative estimate of drug-likeness (QED) is 0.291. The van der Waals surface area contributed by atoms with E-state index in [0.29, 0.717) is 25.1 Å². The molecule has 7 nitrogen and oxygen atoms in total. The summed E-state index contributed by atoms with van der Waals surface area (Å²) >= 11 is 0. The molecule has 0 amide bonds. The first-order chi connectivity index (χ1) is 15.2. The van der Waals surface area contributed by atoms with E-state index in [1.807, 2.05) is 0 Å². The molecule has 2 N–H and O–H groups in total. The van der Waals surface area contributed by atoms with Gasteiger partial charge in [-0.15, -0.1) is 24.0 Å². The highest BCUT2D eigenvalue weighted by Crippen LogP contribution is 2.24. The number of nitrogens with one attached hydrogen (secondary N) is 2. The number of benzene rings is 1. The van der Waals surface area contributed by atoms with Gasteiger partial charge in [0.15, 0.2) is 5.96 Å². The molecule has 3 heterocycles. The molecule has 0 spiro atoms. The molecule has 3 aliphatic heterocycles. The molecular weight excluding hydrogens is 519 g/mol. The predicted octanol–water partition coefficient (Wildman–Crippen LogP) is 2.95. The Morgan fingerprint density at radius 3 is 2.97 bits per heavy atom. The predicted molar refractivity (Wildman–Crippen MR) is 138 cm³/mol. The Morgan fingerprint density at radius 1 is 1.25 bits per heavy atom. The third kappa shape index (κ3) is 7.20. The van der Waals surface area contributed by atoms with Gasteiger partial charge in [-0.2, -0.15) is 0 Å². The van der Waals surface area contributed by atoms with Gasteiger partial charge in [0, 0.05) is 43.8 Å². The highest BCUT2D eigenvalue weighted by molar-refractivity contribution is 14.0. The molecule has 32 heavy (non-hydrogen) atoms. The average molecular weight is 559 g/mol. The number of ether oxygens (including phenoxy) is 3. The van der Waals surface area contributed by atoms with Crippen molar-refractivity contribution < 1.29 is 14.2 Å². The summed E-state index contributed by atoms with van der Waals surface area (Å²) in [5, 5.41) is 6.84. The number of nitrogens with zero attached hydrogens (tertiary/aromatic N) is 2. The molecule has 0 aromatic heterocycles. The zero-order valence-corrected chi connectivity index (χ0v) is 21.8. The molecule has 3 aliphatic rings. The Kier molecular flexibility index (Phi) is 10.3. The van der Waals surface area contributed by atoms with Crippen LogP contribution >= 0.6 is 24.0 Å². The Balaban J connectivity index is 0.00000289. The highest BCUT2D eigenvalue weighted by Gasteiger charge is 2.32. The van der Waals surface area contributed by atoms with E-state index in [1.165, 1.54) is 24.9 Å². The van der Waals surface area contributed by atoms with Crippen molar-refractivity contribution in [1.29, 1.82) is 0 Å². The maximum absolute atomic E-state index is 6.17. The van der Waals surface area contributed by atoms with Gasteiger partial charge in [0.1, 0.15) is 5.75 Å². The smallest absolute Gasteiger partial charge is 0.191 e. The van der Waals surface area contributed by atoms with E-state index in [2.05, 4.69) is 47.6 Å². The van der Waals surface area contributed by atoms with E-state index in [4.69, 9.17) is 19.2 Å². The molecule has 180 valence electrons. The van der Waals surface area contributed by atoms with Crippen molar-refractivity contribution in [1.82, 2.24) is 15.5 Å². The molecule has 1 aromatic rings. The van der Waals surface area contributed by atoms with Gasteiger partial charge in [-0.05, 0) is 51.3 Å². The van der Waals surface area contributed by atoms with Crippen LogP contribution in [0.5, 0.6) is 5.75 Å². The Labute approximate surface area is 209 Å². The molecule has 0 aliphatic carbocycles. The molecule has 3 unspecified atom stereocenters. The summed E-state index contributed by atoms with van der Waals surface area (Å²) in [5.74, 6) is 2.24. The summed E-state index contributed by atoms with van der Waals surface area (Å²) in [7, 11) is 0. The standard InChI is InChI=1S/C24H38N4O3.HI/c1-3-25-24(27-13-22-14-28-9-4-5-21(28)17-30-22)26-12-20-7-6-18(2)11-23(20)31-16-19-8-10-29-15-19;/h6-7,11,19,21-22H,3-5,8-10,12-17H2,1-2H3,(H2,25,26,27);1H. The fourth-order valence-corrected chi connectivity index (χ4v) is 4.57. The second-order valence-corrected chi connectivity index (χ2v) is 8.97. The first kappa shape index (κ1) is 25.5. The maximum atomic E-state index is 6.17. The zero-order valence-electron chi connectivity index (χ0n) is 19.5. The second-order valence-electron chi connectivity index (χ2n) is 8.97. The fraction of sp³-hybridized carbons (Fsp3) is 0.708. The minimum absolute atomic E-state index is 0. The van der Waals surface area contributed by atoms with Crippen molar-refractivity contribution in [3.05, 3.63) is 29.3 Å². The van der Waals surface area contributed by atoms with E-state index in [-0.39, 0.29) is 30.1 Å². The van der Waals surface area contributed by atoms with Crippen molar-refractivity contribution >= 4 is 29.9 Å². The number of halogens is 1. The van der Waals surface area contributed by atoms with Crippen LogP contribution in [0.25, 0.3) is 0 Å². The van der Waals surface area contributed by atoms with Crippen LogP contribution in [0.2, 0.25) is 0 Å². The molecule has 0 saturated carbocycles. The monoisotopic (exact) mass is 558 g/mol. The molecule has 0 bridgehead atoms. The summed E-state index contributed by atoms with van der Waals surface area (Å²) < 4.78 is 17.7. The largest absolute Gasteiger partial charge is 0.493 e. The van der Waals surface area contributed by atoms with E-state index in [9.17, 15) is 0 Å². The lowest BCUT2D eigenvalue weighted by atomic mass is 10.1. The van der Waals surface area contributed by atoms with Crippen LogP contribution in [0.15, 0.2) is 23.2 Å². The van der Waals surface area contributed by atoms with Crippen molar-refractivity contribution in [2.45, 2.75) is 51.8 Å². The number of hydrogen-bond donors (Lipinski definition) is 2. The number of guanidine groups is 1. The van der Waals surface area contributed by atoms with E-state index in [0.717, 1.165) is 63.1 Å². The first-order valence-corrected chi connectivity index (χ1v) is 11.9. The van der Waals surface area contributed by atoms with E-state index >= 15 is 0 Å². The minimum Gasteiger partial charge on any atom is -0.493 e. The van der Waals surface area contributed by atoms with Crippen LogP contribution in [0.3, 0.4) is 0 Å². The summed E-state index contributed by atoms with van der Waals surface area (Å²) in [6.07, 6.45) is 3.87. The summed E-state index contributed by atoms with van der Waals surface area (Å²) in [4.78, 5) is 7.40. The zero-order chi connectivity index (χ0) is 21.5. The van der Waals surface area contributed by atoms with Crippen LogP contribution in [0.4, 0.5) is 0 Å². The number of rotatable bonds is 8. The van der Waals surface area contributed by atoms with E-state index in [1.54, 1.807) is 0 Å². The molecular formula is C24H39IN4O3.